The van der Waals surface area contributed by atoms with Crippen LogP contribution in [0.2, 0.25) is 0 Å². The van der Waals surface area contributed by atoms with E-state index >= 15 is 0 Å². The third kappa shape index (κ3) is 3.10. The number of H-pyrrole nitrogens is 1. The fraction of sp³-hybridized carbons (Fsp3) is 0.263. The topological polar surface area (TPSA) is 27.8 Å². The molecule has 3 rings (SSSR count). The van der Waals surface area contributed by atoms with E-state index in [0.29, 0.717) is 0 Å². The van der Waals surface area contributed by atoms with E-state index in [4.69, 9.17) is 0 Å². The van der Waals surface area contributed by atoms with Gasteiger partial charge >= 0.3 is 0 Å². The number of anilines is 1. The van der Waals surface area contributed by atoms with E-state index in [-0.39, 0.29) is 5.41 Å². The molecule has 3 aromatic rings. The van der Waals surface area contributed by atoms with Gasteiger partial charge < -0.3 is 10.3 Å². The molecule has 0 radical (unpaired) electrons. The molecular formula is C19H22N2. The number of rotatable bonds is 3. The number of fused-ring (bicyclic) bond motifs is 1. The predicted octanol–water partition coefficient (Wildman–Crippen LogP) is 5.08. The van der Waals surface area contributed by atoms with Crippen LogP contribution in [0, 0.1) is 0 Å². The van der Waals surface area contributed by atoms with Gasteiger partial charge in [0.25, 0.3) is 0 Å². The van der Waals surface area contributed by atoms with Crippen LogP contribution in [0.4, 0.5) is 5.69 Å². The number of aromatic amines is 1. The number of hydrogen-bond acceptors (Lipinski definition) is 1. The Morgan fingerprint density at radius 3 is 2.43 bits per heavy atom. The molecule has 2 nitrogen and oxygen atoms in total. The zero-order chi connectivity index (χ0) is 14.9. The Morgan fingerprint density at radius 1 is 0.952 bits per heavy atom. The minimum Gasteiger partial charge on any atom is -0.381 e. The minimum atomic E-state index is 0.206. The lowest BCUT2D eigenvalue weighted by atomic mass is 9.87. The van der Waals surface area contributed by atoms with Crippen molar-refractivity contribution in [1.82, 2.24) is 4.98 Å². The molecule has 0 aliphatic carbocycles. The van der Waals surface area contributed by atoms with Crippen molar-refractivity contribution in [2.75, 3.05) is 5.32 Å². The van der Waals surface area contributed by atoms with Crippen LogP contribution >= 0.6 is 0 Å². The van der Waals surface area contributed by atoms with Gasteiger partial charge in [-0.2, -0.15) is 0 Å². The van der Waals surface area contributed by atoms with Gasteiger partial charge in [0.15, 0.2) is 0 Å². The van der Waals surface area contributed by atoms with Gasteiger partial charge in [-0.05, 0) is 52.3 Å². The van der Waals surface area contributed by atoms with Gasteiger partial charge in [0.1, 0.15) is 0 Å². The van der Waals surface area contributed by atoms with E-state index in [2.05, 4.69) is 79.6 Å². The van der Waals surface area contributed by atoms with Crippen molar-refractivity contribution in [2.24, 2.45) is 0 Å². The van der Waals surface area contributed by atoms with Crippen LogP contribution in [0.25, 0.3) is 10.9 Å². The highest BCUT2D eigenvalue weighted by Crippen LogP contribution is 2.23. The van der Waals surface area contributed by atoms with Gasteiger partial charge in [-0.25, -0.2) is 0 Å². The first-order valence-corrected chi connectivity index (χ1v) is 7.43. The second kappa shape index (κ2) is 5.28. The summed E-state index contributed by atoms with van der Waals surface area (Å²) in [6, 6.07) is 17.4. The molecule has 1 aromatic heterocycles. The lowest BCUT2D eigenvalue weighted by Crippen LogP contribution is -2.10. The van der Waals surface area contributed by atoms with E-state index in [1.54, 1.807) is 0 Å². The summed E-state index contributed by atoms with van der Waals surface area (Å²) in [6.07, 6.45) is 1.98. The molecule has 0 amide bonds. The Hall–Kier alpha value is -2.22. The first-order chi connectivity index (χ1) is 10.0. The van der Waals surface area contributed by atoms with E-state index in [0.717, 1.165) is 12.2 Å². The third-order valence-electron chi connectivity index (χ3n) is 3.87. The second-order valence-corrected chi connectivity index (χ2v) is 6.58. The summed E-state index contributed by atoms with van der Waals surface area (Å²) < 4.78 is 0. The fourth-order valence-corrected chi connectivity index (χ4v) is 2.50. The molecule has 0 atom stereocenters. The first-order valence-electron chi connectivity index (χ1n) is 7.43. The van der Waals surface area contributed by atoms with Gasteiger partial charge in [-0.15, -0.1) is 0 Å². The van der Waals surface area contributed by atoms with Crippen LogP contribution in [-0.4, -0.2) is 4.98 Å². The largest absolute Gasteiger partial charge is 0.381 e. The number of benzene rings is 2. The van der Waals surface area contributed by atoms with Gasteiger partial charge in [0.2, 0.25) is 0 Å². The van der Waals surface area contributed by atoms with Crippen molar-refractivity contribution < 1.29 is 0 Å². The summed E-state index contributed by atoms with van der Waals surface area (Å²) in [5.41, 5.74) is 5.21. The SMILES string of the molecule is CC(C)(C)c1ccc(NCc2ccc3[nH]ccc3c2)cc1. The molecule has 0 aliphatic heterocycles. The zero-order valence-electron chi connectivity index (χ0n) is 12.9. The maximum Gasteiger partial charge on any atom is 0.0454 e. The Kier molecular flexibility index (Phi) is 3.46. The molecule has 0 fully saturated rings. The van der Waals surface area contributed by atoms with Crippen molar-refractivity contribution in [2.45, 2.75) is 32.7 Å². The van der Waals surface area contributed by atoms with Gasteiger partial charge in [0.05, 0.1) is 0 Å². The Bertz CT molecular complexity index is 730. The quantitative estimate of drug-likeness (QED) is 0.687. The summed E-state index contributed by atoms with van der Waals surface area (Å²) in [5.74, 6) is 0. The van der Waals surface area contributed by atoms with Gasteiger partial charge in [-0.3, -0.25) is 0 Å². The molecule has 2 N–H and O–H groups in total. The zero-order valence-corrected chi connectivity index (χ0v) is 12.9. The first kappa shape index (κ1) is 13.7. The van der Waals surface area contributed by atoms with Gasteiger partial charge in [-0.1, -0.05) is 39.0 Å². The van der Waals surface area contributed by atoms with Crippen LogP contribution in [-0.2, 0) is 12.0 Å². The molecule has 1 heterocycles. The average Bonchev–Trinajstić information content (AvgIpc) is 2.92. The standard InChI is InChI=1S/C19H22N2/c1-19(2,3)16-5-7-17(8-6-16)21-13-14-4-9-18-15(12-14)10-11-20-18/h4-12,20-21H,13H2,1-3H3. The van der Waals surface area contributed by atoms with Crippen molar-refractivity contribution in [1.29, 1.82) is 0 Å². The average molecular weight is 278 g/mol. The summed E-state index contributed by atoms with van der Waals surface area (Å²) in [7, 11) is 0. The molecule has 0 saturated carbocycles. The summed E-state index contributed by atoms with van der Waals surface area (Å²) in [4.78, 5) is 3.22. The van der Waals surface area contributed by atoms with Crippen molar-refractivity contribution in [3.8, 4) is 0 Å². The highest BCUT2D eigenvalue weighted by atomic mass is 14.9. The minimum absolute atomic E-state index is 0.206. The van der Waals surface area contributed by atoms with E-state index in [9.17, 15) is 0 Å². The molecule has 0 aliphatic rings. The Morgan fingerprint density at radius 2 is 1.71 bits per heavy atom. The van der Waals surface area contributed by atoms with Crippen molar-refractivity contribution >= 4 is 16.6 Å². The fourth-order valence-electron chi connectivity index (χ4n) is 2.50. The number of aromatic nitrogens is 1. The molecule has 2 aromatic carbocycles. The summed E-state index contributed by atoms with van der Waals surface area (Å²) >= 11 is 0. The molecule has 0 spiro atoms. The highest BCUT2D eigenvalue weighted by Gasteiger charge is 2.12. The monoisotopic (exact) mass is 278 g/mol. The molecule has 0 saturated heterocycles. The van der Waals surface area contributed by atoms with Crippen LogP contribution in [0.15, 0.2) is 54.7 Å². The normalized spacial score (nSPS) is 11.8. The van der Waals surface area contributed by atoms with Crippen LogP contribution in [0.5, 0.6) is 0 Å². The smallest absolute Gasteiger partial charge is 0.0454 e. The maximum absolute atomic E-state index is 3.49. The molecule has 108 valence electrons. The lowest BCUT2D eigenvalue weighted by Gasteiger charge is -2.19. The molecule has 0 bridgehead atoms. The Labute approximate surface area is 126 Å². The maximum atomic E-state index is 3.49. The summed E-state index contributed by atoms with van der Waals surface area (Å²) in [6.45, 7) is 7.56. The number of nitrogens with one attached hydrogen (secondary N) is 2. The van der Waals surface area contributed by atoms with Crippen LogP contribution in [0.1, 0.15) is 31.9 Å². The Balaban J connectivity index is 1.69. The van der Waals surface area contributed by atoms with Crippen LogP contribution < -0.4 is 5.32 Å². The number of hydrogen-bond donors (Lipinski definition) is 2. The second-order valence-electron chi connectivity index (χ2n) is 6.58. The molecular weight excluding hydrogens is 256 g/mol. The third-order valence-corrected chi connectivity index (χ3v) is 3.87. The van der Waals surface area contributed by atoms with E-state index in [1.165, 1.54) is 22.0 Å². The van der Waals surface area contributed by atoms with Crippen molar-refractivity contribution in [3.05, 3.63) is 65.9 Å². The van der Waals surface area contributed by atoms with Gasteiger partial charge in [0, 0.05) is 23.9 Å². The summed E-state index contributed by atoms with van der Waals surface area (Å²) in [5, 5.41) is 4.75. The van der Waals surface area contributed by atoms with E-state index in [1.807, 2.05) is 6.20 Å². The highest BCUT2D eigenvalue weighted by molar-refractivity contribution is 5.79. The van der Waals surface area contributed by atoms with Crippen molar-refractivity contribution in [3.63, 3.8) is 0 Å². The molecule has 0 unspecified atom stereocenters. The van der Waals surface area contributed by atoms with Crippen LogP contribution in [0.3, 0.4) is 0 Å². The molecule has 21 heavy (non-hydrogen) atoms. The molecule has 2 heteroatoms. The predicted molar refractivity (Wildman–Crippen MR) is 90.8 cm³/mol. The van der Waals surface area contributed by atoms with E-state index < -0.39 is 0 Å². The lowest BCUT2D eigenvalue weighted by molar-refractivity contribution is 0.590.